The Morgan fingerprint density at radius 1 is 1.32 bits per heavy atom. The quantitative estimate of drug-likeness (QED) is 0.712. The van der Waals surface area contributed by atoms with Crippen LogP contribution in [0.2, 0.25) is 0 Å². The van der Waals surface area contributed by atoms with Gasteiger partial charge in [-0.25, -0.2) is 10.3 Å². The first-order chi connectivity index (χ1) is 9.08. The third-order valence-electron chi connectivity index (χ3n) is 2.09. The van der Waals surface area contributed by atoms with Crippen LogP contribution in [0.4, 0.5) is 0 Å². The smallest absolute Gasteiger partial charge is 0.332 e. The van der Waals surface area contributed by atoms with E-state index in [1.54, 1.807) is 6.07 Å². The zero-order valence-corrected chi connectivity index (χ0v) is 10.6. The molecule has 104 valence electrons. The van der Waals surface area contributed by atoms with E-state index in [-0.39, 0.29) is 5.56 Å². The number of methoxy groups -OCH3 is 1. The molecule has 2 N–H and O–H groups in total. The van der Waals surface area contributed by atoms with Crippen LogP contribution in [0.5, 0.6) is 11.5 Å². The van der Waals surface area contributed by atoms with E-state index in [4.69, 9.17) is 14.6 Å². The minimum atomic E-state index is -1.18. The summed E-state index contributed by atoms with van der Waals surface area (Å²) in [6, 6.07) is 4.59. The van der Waals surface area contributed by atoms with E-state index < -0.39 is 18.5 Å². The van der Waals surface area contributed by atoms with Crippen molar-refractivity contribution in [1.29, 1.82) is 0 Å². The average molecular weight is 269 g/mol. The maximum Gasteiger partial charge on any atom is 0.332 e. The van der Waals surface area contributed by atoms with Crippen LogP contribution < -0.4 is 15.0 Å². The summed E-state index contributed by atoms with van der Waals surface area (Å²) in [6.07, 6.45) is 0. The number of carbonyl (C=O) groups excluding carboxylic acids is 1. The number of benzene rings is 1. The number of ether oxygens (including phenoxy) is 2. The van der Waals surface area contributed by atoms with Gasteiger partial charge in [0.05, 0.1) is 13.7 Å². The molecule has 0 aliphatic heterocycles. The third-order valence-corrected chi connectivity index (χ3v) is 2.09. The van der Waals surface area contributed by atoms with Gasteiger partial charge in [0, 0.05) is 5.56 Å². The van der Waals surface area contributed by atoms with Gasteiger partial charge >= 0.3 is 5.97 Å². The van der Waals surface area contributed by atoms with Crippen LogP contribution in [-0.4, -0.2) is 37.3 Å². The molecule has 19 heavy (non-hydrogen) atoms. The Morgan fingerprint density at radius 2 is 2.05 bits per heavy atom. The summed E-state index contributed by atoms with van der Waals surface area (Å²) in [5.41, 5.74) is 2.29. The maximum atomic E-state index is 11.6. The van der Waals surface area contributed by atoms with Crippen molar-refractivity contribution in [3.63, 3.8) is 0 Å². The van der Waals surface area contributed by atoms with Gasteiger partial charge in [-0.15, -0.1) is 0 Å². The number of aliphatic carboxylic acids is 1. The van der Waals surface area contributed by atoms with Crippen LogP contribution in [0.15, 0.2) is 18.2 Å². The number of carbonyl (C=O) groups is 2. The predicted molar refractivity (Wildman–Crippen MR) is 65.2 cm³/mol. The molecule has 0 radical (unpaired) electrons. The van der Waals surface area contributed by atoms with Gasteiger partial charge in [-0.1, -0.05) is 0 Å². The number of hydrogen-bond donors (Lipinski definition) is 2. The molecule has 7 nitrogen and oxygen atoms in total. The number of carboxylic acids is 1. The lowest BCUT2D eigenvalue weighted by Crippen LogP contribution is -2.26. The predicted octanol–water partition coefficient (Wildman–Crippen LogP) is 0.840. The fourth-order valence-corrected chi connectivity index (χ4v) is 1.31. The second-order valence-corrected chi connectivity index (χ2v) is 3.41. The highest BCUT2D eigenvalue weighted by Crippen LogP contribution is 2.27. The van der Waals surface area contributed by atoms with Gasteiger partial charge < -0.3 is 14.6 Å². The standard InChI is InChI=1S/C12H15NO6/c1-3-18-9-5-4-8(6-10(9)17-2)12(16)13-19-7-11(14)15/h4-6H,3,7H2,1-2H3,(H,13,16)(H,14,15). The molecule has 0 fully saturated rings. The summed E-state index contributed by atoms with van der Waals surface area (Å²) < 4.78 is 10.4. The van der Waals surface area contributed by atoms with Gasteiger partial charge in [-0.3, -0.25) is 9.63 Å². The van der Waals surface area contributed by atoms with Crippen LogP contribution in [0.3, 0.4) is 0 Å². The van der Waals surface area contributed by atoms with Gasteiger partial charge in [-0.05, 0) is 25.1 Å². The van der Waals surface area contributed by atoms with E-state index in [2.05, 4.69) is 4.84 Å². The second kappa shape index (κ2) is 7.22. The zero-order chi connectivity index (χ0) is 14.3. The van der Waals surface area contributed by atoms with E-state index >= 15 is 0 Å². The van der Waals surface area contributed by atoms with Crippen LogP contribution in [-0.2, 0) is 9.63 Å². The number of carboxylic acid groups (broad SMARTS) is 1. The van der Waals surface area contributed by atoms with Gasteiger partial charge in [-0.2, -0.15) is 0 Å². The molecule has 1 aromatic rings. The molecular formula is C12H15NO6. The molecule has 0 saturated heterocycles. The number of hydroxylamine groups is 1. The lowest BCUT2D eigenvalue weighted by Gasteiger charge is -2.10. The summed E-state index contributed by atoms with van der Waals surface area (Å²) in [4.78, 5) is 26.4. The minimum absolute atomic E-state index is 0.269. The fraction of sp³-hybridized carbons (Fsp3) is 0.333. The molecular weight excluding hydrogens is 254 g/mol. The molecule has 7 heteroatoms. The SMILES string of the molecule is CCOc1ccc(C(=O)NOCC(=O)O)cc1OC. The van der Waals surface area contributed by atoms with E-state index in [0.29, 0.717) is 18.1 Å². The van der Waals surface area contributed by atoms with Crippen molar-refractivity contribution in [3.8, 4) is 11.5 Å². The summed E-state index contributed by atoms with van der Waals surface area (Å²) in [6.45, 7) is 1.70. The number of nitrogens with one attached hydrogen (secondary N) is 1. The van der Waals surface area contributed by atoms with Gasteiger partial charge in [0.1, 0.15) is 0 Å². The number of amides is 1. The van der Waals surface area contributed by atoms with Crippen molar-refractivity contribution in [2.45, 2.75) is 6.92 Å². The number of hydrogen-bond acceptors (Lipinski definition) is 5. The maximum absolute atomic E-state index is 11.6. The van der Waals surface area contributed by atoms with E-state index in [9.17, 15) is 9.59 Å². The Hall–Kier alpha value is -2.28. The summed E-state index contributed by atoms with van der Waals surface area (Å²) in [7, 11) is 1.46. The van der Waals surface area contributed by atoms with Crippen LogP contribution in [0, 0.1) is 0 Å². The van der Waals surface area contributed by atoms with Crippen molar-refractivity contribution in [1.82, 2.24) is 5.48 Å². The largest absolute Gasteiger partial charge is 0.493 e. The topological polar surface area (TPSA) is 94.1 Å². The van der Waals surface area contributed by atoms with Crippen molar-refractivity contribution >= 4 is 11.9 Å². The van der Waals surface area contributed by atoms with E-state index in [1.165, 1.54) is 19.2 Å². The minimum Gasteiger partial charge on any atom is -0.493 e. The molecule has 0 aromatic heterocycles. The van der Waals surface area contributed by atoms with Crippen molar-refractivity contribution < 1.29 is 29.0 Å². The van der Waals surface area contributed by atoms with Gasteiger partial charge in [0.2, 0.25) is 0 Å². The average Bonchev–Trinajstić information content (AvgIpc) is 2.39. The normalized spacial score (nSPS) is 9.79. The fourth-order valence-electron chi connectivity index (χ4n) is 1.31. The monoisotopic (exact) mass is 269 g/mol. The van der Waals surface area contributed by atoms with Crippen LogP contribution in [0.1, 0.15) is 17.3 Å². The molecule has 0 aliphatic rings. The third kappa shape index (κ3) is 4.47. The highest BCUT2D eigenvalue weighted by Gasteiger charge is 2.11. The molecule has 0 saturated carbocycles. The Morgan fingerprint density at radius 3 is 2.63 bits per heavy atom. The summed E-state index contributed by atoms with van der Waals surface area (Å²) in [5, 5.41) is 8.36. The van der Waals surface area contributed by atoms with E-state index in [1.807, 2.05) is 12.4 Å². The molecule has 0 atom stereocenters. The molecule has 1 rings (SSSR count). The Balaban J connectivity index is 2.72. The highest BCUT2D eigenvalue weighted by atomic mass is 16.7. The lowest BCUT2D eigenvalue weighted by molar-refractivity contribution is -0.144. The Labute approximate surface area is 110 Å². The van der Waals surface area contributed by atoms with Gasteiger partial charge in [0.25, 0.3) is 5.91 Å². The lowest BCUT2D eigenvalue weighted by atomic mass is 10.2. The molecule has 1 aromatic carbocycles. The Bertz CT molecular complexity index is 460. The molecule has 0 unspecified atom stereocenters. The molecule has 0 heterocycles. The summed E-state index contributed by atoms with van der Waals surface area (Å²) >= 11 is 0. The highest BCUT2D eigenvalue weighted by molar-refractivity contribution is 5.94. The first-order valence-electron chi connectivity index (χ1n) is 5.53. The van der Waals surface area contributed by atoms with E-state index in [0.717, 1.165) is 0 Å². The van der Waals surface area contributed by atoms with Crippen molar-refractivity contribution in [2.24, 2.45) is 0 Å². The molecule has 0 spiro atoms. The first-order valence-corrected chi connectivity index (χ1v) is 5.53. The number of rotatable bonds is 7. The molecule has 1 amide bonds. The Kier molecular flexibility index (Phi) is 5.62. The molecule has 0 aliphatic carbocycles. The van der Waals surface area contributed by atoms with Crippen LogP contribution >= 0.6 is 0 Å². The first kappa shape index (κ1) is 14.8. The van der Waals surface area contributed by atoms with Gasteiger partial charge in [0.15, 0.2) is 18.1 Å². The van der Waals surface area contributed by atoms with Crippen molar-refractivity contribution in [3.05, 3.63) is 23.8 Å². The van der Waals surface area contributed by atoms with Crippen LogP contribution in [0.25, 0.3) is 0 Å². The van der Waals surface area contributed by atoms with Crippen molar-refractivity contribution in [2.75, 3.05) is 20.3 Å². The molecule has 0 bridgehead atoms. The second-order valence-electron chi connectivity index (χ2n) is 3.41. The summed E-state index contributed by atoms with van der Waals surface area (Å²) in [5.74, 6) is -0.812. The zero-order valence-electron chi connectivity index (χ0n) is 10.6.